The third-order valence-corrected chi connectivity index (χ3v) is 3.20. The van der Waals surface area contributed by atoms with Crippen LogP contribution in [0.4, 0.5) is 4.39 Å². The zero-order valence-electron chi connectivity index (χ0n) is 11.7. The fourth-order valence-corrected chi connectivity index (χ4v) is 1.99. The standard InChI is InChI=1S/C17H14FNO3/c18-15-5-7-16(8-6-15)22-10-9-14(11-19)12-1-3-13(4-2-12)17(20)21/h1-8,14H,9-10H2,(H,20,21). The molecule has 0 aliphatic carbocycles. The summed E-state index contributed by atoms with van der Waals surface area (Å²) < 4.78 is 18.2. The Bertz CT molecular complexity index is 675. The number of rotatable bonds is 6. The highest BCUT2D eigenvalue weighted by molar-refractivity contribution is 5.87. The van der Waals surface area contributed by atoms with Gasteiger partial charge in [0.05, 0.1) is 24.2 Å². The maximum Gasteiger partial charge on any atom is 0.335 e. The monoisotopic (exact) mass is 299 g/mol. The number of nitrogens with zero attached hydrogens (tertiary/aromatic N) is 1. The summed E-state index contributed by atoms with van der Waals surface area (Å²) in [6, 6.07) is 14.1. The largest absolute Gasteiger partial charge is 0.494 e. The van der Waals surface area contributed by atoms with Crippen molar-refractivity contribution in [2.45, 2.75) is 12.3 Å². The maximum absolute atomic E-state index is 12.8. The van der Waals surface area contributed by atoms with Crippen LogP contribution in [0.5, 0.6) is 5.75 Å². The van der Waals surface area contributed by atoms with Gasteiger partial charge in [0.25, 0.3) is 0 Å². The molecule has 0 spiro atoms. The van der Waals surface area contributed by atoms with Crippen LogP contribution in [0.2, 0.25) is 0 Å². The predicted molar refractivity (Wildman–Crippen MR) is 78.3 cm³/mol. The Labute approximate surface area is 127 Å². The lowest BCUT2D eigenvalue weighted by Gasteiger charge is -2.11. The van der Waals surface area contributed by atoms with Gasteiger partial charge in [0.1, 0.15) is 11.6 Å². The van der Waals surface area contributed by atoms with Crippen molar-refractivity contribution < 1.29 is 19.0 Å². The molecule has 0 radical (unpaired) electrons. The van der Waals surface area contributed by atoms with Gasteiger partial charge >= 0.3 is 5.97 Å². The first-order chi connectivity index (χ1) is 10.6. The molecule has 2 rings (SSSR count). The molecule has 2 aromatic carbocycles. The van der Waals surface area contributed by atoms with Crippen molar-refractivity contribution in [2.75, 3.05) is 6.61 Å². The second kappa shape index (κ2) is 7.23. The summed E-state index contributed by atoms with van der Waals surface area (Å²) in [5, 5.41) is 18.1. The minimum Gasteiger partial charge on any atom is -0.494 e. The first-order valence-corrected chi connectivity index (χ1v) is 6.71. The average molecular weight is 299 g/mol. The molecule has 4 nitrogen and oxygen atoms in total. The number of hydrogen-bond donors (Lipinski definition) is 1. The van der Waals surface area contributed by atoms with Gasteiger partial charge < -0.3 is 9.84 Å². The fourth-order valence-electron chi connectivity index (χ4n) is 1.99. The van der Waals surface area contributed by atoms with Crippen molar-refractivity contribution in [1.29, 1.82) is 5.26 Å². The Kier molecular flexibility index (Phi) is 5.10. The zero-order valence-corrected chi connectivity index (χ0v) is 11.7. The van der Waals surface area contributed by atoms with Crippen molar-refractivity contribution in [3.05, 3.63) is 65.5 Å². The zero-order chi connectivity index (χ0) is 15.9. The average Bonchev–Trinajstić information content (AvgIpc) is 2.53. The Morgan fingerprint density at radius 1 is 1.18 bits per heavy atom. The van der Waals surface area contributed by atoms with Crippen LogP contribution in [0.25, 0.3) is 0 Å². The van der Waals surface area contributed by atoms with Gasteiger partial charge in [-0.3, -0.25) is 0 Å². The van der Waals surface area contributed by atoms with Gasteiger partial charge in [0, 0.05) is 6.42 Å². The van der Waals surface area contributed by atoms with E-state index in [1.807, 2.05) is 0 Å². The number of carboxylic acid groups (broad SMARTS) is 1. The molecular weight excluding hydrogens is 285 g/mol. The van der Waals surface area contributed by atoms with Gasteiger partial charge in [-0.25, -0.2) is 9.18 Å². The molecule has 0 saturated heterocycles. The predicted octanol–water partition coefficient (Wildman–Crippen LogP) is 3.60. The van der Waals surface area contributed by atoms with Crippen LogP contribution in [0, 0.1) is 17.1 Å². The first kappa shape index (κ1) is 15.5. The number of aromatic carboxylic acids is 1. The molecule has 0 aliphatic heterocycles. The van der Waals surface area contributed by atoms with Crippen LogP contribution in [0.3, 0.4) is 0 Å². The molecule has 2 aromatic rings. The molecule has 0 aromatic heterocycles. The van der Waals surface area contributed by atoms with Gasteiger partial charge in [0.15, 0.2) is 0 Å². The quantitative estimate of drug-likeness (QED) is 0.884. The van der Waals surface area contributed by atoms with Crippen molar-refractivity contribution >= 4 is 5.97 Å². The van der Waals surface area contributed by atoms with Crippen molar-refractivity contribution in [3.63, 3.8) is 0 Å². The summed E-state index contributed by atoms with van der Waals surface area (Å²) in [6.07, 6.45) is 0.459. The van der Waals surface area contributed by atoms with E-state index in [1.165, 1.54) is 36.4 Å². The molecule has 0 amide bonds. The Hall–Kier alpha value is -2.87. The number of carboxylic acids is 1. The summed E-state index contributed by atoms with van der Waals surface area (Å²) in [5.41, 5.74) is 0.929. The third kappa shape index (κ3) is 4.06. The van der Waals surface area contributed by atoms with Crippen LogP contribution < -0.4 is 4.74 Å². The molecule has 5 heteroatoms. The van der Waals surface area contributed by atoms with E-state index >= 15 is 0 Å². The fraction of sp³-hybridized carbons (Fsp3) is 0.176. The minimum absolute atomic E-state index is 0.183. The molecule has 22 heavy (non-hydrogen) atoms. The van der Waals surface area contributed by atoms with Crippen LogP contribution in [0.1, 0.15) is 28.3 Å². The van der Waals surface area contributed by atoms with E-state index in [0.29, 0.717) is 18.8 Å². The number of halogens is 1. The molecule has 0 bridgehead atoms. The van der Waals surface area contributed by atoms with Gasteiger partial charge in [-0.1, -0.05) is 12.1 Å². The van der Waals surface area contributed by atoms with Crippen LogP contribution in [-0.4, -0.2) is 17.7 Å². The lowest BCUT2D eigenvalue weighted by Crippen LogP contribution is -2.05. The highest BCUT2D eigenvalue weighted by Gasteiger charge is 2.12. The normalized spacial score (nSPS) is 11.5. The Morgan fingerprint density at radius 2 is 1.82 bits per heavy atom. The molecular formula is C17H14FNO3. The third-order valence-electron chi connectivity index (χ3n) is 3.20. The topological polar surface area (TPSA) is 70.3 Å². The van der Waals surface area contributed by atoms with E-state index in [4.69, 9.17) is 9.84 Å². The second-order valence-corrected chi connectivity index (χ2v) is 4.70. The van der Waals surface area contributed by atoms with E-state index < -0.39 is 5.97 Å². The van der Waals surface area contributed by atoms with E-state index in [2.05, 4.69) is 6.07 Å². The van der Waals surface area contributed by atoms with Gasteiger partial charge in [-0.15, -0.1) is 0 Å². The molecule has 0 fully saturated rings. The molecule has 112 valence electrons. The molecule has 0 heterocycles. The molecule has 1 unspecified atom stereocenters. The first-order valence-electron chi connectivity index (χ1n) is 6.71. The molecule has 1 atom stereocenters. The van der Waals surface area contributed by atoms with E-state index in [-0.39, 0.29) is 17.3 Å². The van der Waals surface area contributed by atoms with E-state index in [0.717, 1.165) is 5.56 Å². The Balaban J connectivity index is 1.93. The summed E-state index contributed by atoms with van der Waals surface area (Å²) in [6.45, 7) is 0.310. The lowest BCUT2D eigenvalue weighted by atomic mass is 9.96. The van der Waals surface area contributed by atoms with Crippen LogP contribution in [0.15, 0.2) is 48.5 Å². The van der Waals surface area contributed by atoms with E-state index in [1.54, 1.807) is 12.1 Å². The van der Waals surface area contributed by atoms with Crippen molar-refractivity contribution in [3.8, 4) is 11.8 Å². The van der Waals surface area contributed by atoms with Crippen molar-refractivity contribution in [2.24, 2.45) is 0 Å². The number of benzene rings is 2. The summed E-state index contributed by atoms with van der Waals surface area (Å²) >= 11 is 0. The number of hydrogen-bond acceptors (Lipinski definition) is 3. The van der Waals surface area contributed by atoms with Gasteiger partial charge in [-0.05, 0) is 42.0 Å². The lowest BCUT2D eigenvalue weighted by molar-refractivity contribution is 0.0697. The smallest absolute Gasteiger partial charge is 0.335 e. The maximum atomic E-state index is 12.8. The highest BCUT2D eigenvalue weighted by Crippen LogP contribution is 2.20. The second-order valence-electron chi connectivity index (χ2n) is 4.70. The van der Waals surface area contributed by atoms with E-state index in [9.17, 15) is 14.4 Å². The number of carbonyl (C=O) groups is 1. The van der Waals surface area contributed by atoms with Crippen LogP contribution in [-0.2, 0) is 0 Å². The van der Waals surface area contributed by atoms with Gasteiger partial charge in [-0.2, -0.15) is 5.26 Å². The molecule has 1 N–H and O–H groups in total. The number of nitriles is 1. The summed E-state index contributed by atoms with van der Waals surface area (Å²) in [5.74, 6) is -1.18. The van der Waals surface area contributed by atoms with Crippen LogP contribution >= 0.6 is 0 Å². The summed E-state index contributed by atoms with van der Waals surface area (Å²) in [4.78, 5) is 10.8. The molecule has 0 saturated carbocycles. The van der Waals surface area contributed by atoms with Gasteiger partial charge in [0.2, 0.25) is 0 Å². The SMILES string of the molecule is N#CC(CCOc1ccc(F)cc1)c1ccc(C(=O)O)cc1. The number of ether oxygens (including phenoxy) is 1. The van der Waals surface area contributed by atoms with Crippen molar-refractivity contribution in [1.82, 2.24) is 0 Å². The minimum atomic E-state index is -1.00. The Morgan fingerprint density at radius 3 is 2.36 bits per heavy atom. The summed E-state index contributed by atoms with van der Waals surface area (Å²) in [7, 11) is 0. The highest BCUT2D eigenvalue weighted by atomic mass is 19.1. The molecule has 0 aliphatic rings.